The highest BCUT2D eigenvalue weighted by Crippen LogP contribution is 2.41. The van der Waals surface area contributed by atoms with E-state index in [1.165, 1.54) is 0 Å². The number of carbonyl (C=O) groups excluding carboxylic acids is 2. The van der Waals surface area contributed by atoms with Crippen molar-refractivity contribution in [1.29, 1.82) is 0 Å². The Kier molecular flexibility index (Phi) is 5.27. The lowest BCUT2D eigenvalue weighted by molar-refractivity contribution is -0.136. The highest BCUT2D eigenvalue weighted by Gasteiger charge is 2.43. The number of carbonyl (C=O) groups is 2. The van der Waals surface area contributed by atoms with Gasteiger partial charge >= 0.3 is 0 Å². The van der Waals surface area contributed by atoms with E-state index in [0.717, 1.165) is 36.1 Å². The third kappa shape index (κ3) is 3.48. The number of nitrogens with zero attached hydrogens (tertiary/aromatic N) is 2. The van der Waals surface area contributed by atoms with Crippen LogP contribution < -0.4 is 0 Å². The Morgan fingerprint density at radius 2 is 1.83 bits per heavy atom. The fourth-order valence-corrected chi connectivity index (χ4v) is 4.64. The fourth-order valence-electron chi connectivity index (χ4n) is 4.64. The van der Waals surface area contributed by atoms with Gasteiger partial charge in [-0.05, 0) is 47.6 Å². The Bertz CT molecular complexity index is 935. The molecule has 1 saturated heterocycles. The molecule has 2 aromatic rings. The second kappa shape index (κ2) is 7.86. The van der Waals surface area contributed by atoms with E-state index in [2.05, 4.69) is 20.4 Å². The summed E-state index contributed by atoms with van der Waals surface area (Å²) in [7, 11) is 0. The second-order valence-electron chi connectivity index (χ2n) is 8.42. The summed E-state index contributed by atoms with van der Waals surface area (Å²) in [4.78, 5) is 31.1. The zero-order valence-corrected chi connectivity index (χ0v) is 17.2. The van der Waals surface area contributed by atoms with Crippen molar-refractivity contribution in [3.63, 3.8) is 0 Å². The van der Waals surface area contributed by atoms with Gasteiger partial charge in [-0.25, -0.2) is 0 Å². The highest BCUT2D eigenvalue weighted by molar-refractivity contribution is 5.99. The summed E-state index contributed by atoms with van der Waals surface area (Å²) in [5.41, 5.74) is 3.50. The molecule has 0 N–H and O–H groups in total. The van der Waals surface area contributed by atoms with E-state index in [9.17, 15) is 9.59 Å². The predicted octanol–water partition coefficient (Wildman–Crippen LogP) is 4.54. The van der Waals surface area contributed by atoms with Gasteiger partial charge < -0.3 is 9.80 Å². The van der Waals surface area contributed by atoms with Crippen LogP contribution in [0, 0.1) is 5.92 Å². The average molecular weight is 389 g/mol. The van der Waals surface area contributed by atoms with Gasteiger partial charge in [0.25, 0.3) is 11.8 Å². The molecule has 2 aliphatic heterocycles. The molecule has 4 rings (SSSR count). The minimum absolute atomic E-state index is 0.0172. The lowest BCUT2D eigenvalue weighted by Gasteiger charge is -2.35. The number of fused-ring (bicyclic) bond motifs is 2. The molecule has 2 heterocycles. The molecule has 4 heteroatoms. The molecule has 2 amide bonds. The Labute approximate surface area is 172 Å². The molecule has 2 aliphatic rings. The first kappa shape index (κ1) is 19.4. The summed E-state index contributed by atoms with van der Waals surface area (Å²) < 4.78 is 0. The zero-order chi connectivity index (χ0) is 20.5. The van der Waals surface area contributed by atoms with Gasteiger partial charge in [0.2, 0.25) is 0 Å². The molecule has 150 valence electrons. The van der Waals surface area contributed by atoms with Crippen molar-refractivity contribution in [2.45, 2.75) is 38.8 Å². The van der Waals surface area contributed by atoms with E-state index in [-0.39, 0.29) is 23.8 Å². The van der Waals surface area contributed by atoms with Crippen LogP contribution in [0.4, 0.5) is 0 Å². The fraction of sp³-hybridized carbons (Fsp3) is 0.360. The van der Waals surface area contributed by atoms with E-state index >= 15 is 0 Å². The highest BCUT2D eigenvalue weighted by atomic mass is 16.2. The molecule has 2 aromatic carbocycles. The molecule has 0 bridgehead atoms. The van der Waals surface area contributed by atoms with Crippen molar-refractivity contribution in [2.75, 3.05) is 13.1 Å². The van der Waals surface area contributed by atoms with Gasteiger partial charge in [-0.15, -0.1) is 0 Å². The quantitative estimate of drug-likeness (QED) is 0.771. The molecule has 2 atom stereocenters. The first-order valence-corrected chi connectivity index (χ1v) is 10.4. The minimum Gasteiger partial charge on any atom is -0.334 e. The third-order valence-electron chi connectivity index (χ3n) is 5.93. The molecule has 1 fully saturated rings. The maximum atomic E-state index is 13.8. The van der Waals surface area contributed by atoms with Crippen LogP contribution >= 0.6 is 0 Å². The number of hydrogen-bond acceptors (Lipinski definition) is 2. The Balaban J connectivity index is 1.85. The Hall–Kier alpha value is -2.88. The van der Waals surface area contributed by atoms with Gasteiger partial charge in [-0.2, -0.15) is 0 Å². The summed E-state index contributed by atoms with van der Waals surface area (Å²) in [5.74, 6) is 0.155. The largest absolute Gasteiger partial charge is 0.334 e. The average Bonchev–Trinajstić information content (AvgIpc) is 3.20. The molecular weight excluding hydrogens is 360 g/mol. The topological polar surface area (TPSA) is 40.6 Å². The molecule has 0 aromatic heterocycles. The van der Waals surface area contributed by atoms with Crippen molar-refractivity contribution in [3.8, 4) is 0 Å². The van der Waals surface area contributed by atoms with Gasteiger partial charge in [0.05, 0.1) is 6.04 Å². The van der Waals surface area contributed by atoms with Crippen LogP contribution in [-0.4, -0.2) is 40.7 Å². The molecule has 0 aliphatic carbocycles. The normalized spacial score (nSPS) is 21.0. The molecule has 0 radical (unpaired) electrons. The summed E-state index contributed by atoms with van der Waals surface area (Å²) in [6, 6.07) is 16.6. The van der Waals surface area contributed by atoms with Crippen molar-refractivity contribution in [1.82, 2.24) is 9.80 Å². The molecule has 29 heavy (non-hydrogen) atoms. The smallest absolute Gasteiger partial charge is 0.254 e. The lowest BCUT2D eigenvalue weighted by atomic mass is 9.92. The molecular formula is C25H28N2O2. The van der Waals surface area contributed by atoms with Crippen LogP contribution in [0.5, 0.6) is 0 Å². The molecule has 0 spiro atoms. The second-order valence-corrected chi connectivity index (χ2v) is 8.42. The van der Waals surface area contributed by atoms with Gasteiger partial charge in [0.1, 0.15) is 6.04 Å². The van der Waals surface area contributed by atoms with Crippen molar-refractivity contribution in [2.24, 2.45) is 5.92 Å². The number of rotatable bonds is 4. The standard InChI is InChI=1S/C25H28N2O2/c1-17(2)16-27(24(28)19-10-5-4-6-11-19)23-21-13-8-7-12-20(21)18(3)22-14-9-15-26(22)25(23)29/h4-8,10-13,17,22-23H,3,9,14-16H2,1-2H3/t22-,23-/m1/s1. The molecule has 0 unspecified atom stereocenters. The van der Waals surface area contributed by atoms with Gasteiger partial charge in [-0.1, -0.05) is 62.9 Å². The number of amides is 2. The van der Waals surface area contributed by atoms with E-state index in [1.54, 1.807) is 4.90 Å². The maximum absolute atomic E-state index is 13.8. The maximum Gasteiger partial charge on any atom is 0.254 e. The van der Waals surface area contributed by atoms with Crippen molar-refractivity contribution < 1.29 is 9.59 Å². The van der Waals surface area contributed by atoms with Crippen LogP contribution in [-0.2, 0) is 4.79 Å². The lowest BCUT2D eigenvalue weighted by Crippen LogP contribution is -2.47. The van der Waals surface area contributed by atoms with E-state index in [4.69, 9.17) is 0 Å². The molecule has 4 nitrogen and oxygen atoms in total. The van der Waals surface area contributed by atoms with E-state index in [1.807, 2.05) is 59.5 Å². The third-order valence-corrected chi connectivity index (χ3v) is 5.93. The Morgan fingerprint density at radius 1 is 1.14 bits per heavy atom. The number of hydrogen-bond donors (Lipinski definition) is 0. The number of benzene rings is 2. The van der Waals surface area contributed by atoms with Crippen molar-refractivity contribution in [3.05, 3.63) is 77.9 Å². The van der Waals surface area contributed by atoms with Crippen LogP contribution in [0.1, 0.15) is 54.2 Å². The first-order chi connectivity index (χ1) is 14.0. The summed E-state index contributed by atoms with van der Waals surface area (Å²) in [5, 5.41) is 0. The van der Waals surface area contributed by atoms with Crippen LogP contribution in [0.15, 0.2) is 61.2 Å². The van der Waals surface area contributed by atoms with Crippen molar-refractivity contribution >= 4 is 17.4 Å². The summed E-state index contributed by atoms with van der Waals surface area (Å²) in [6.07, 6.45) is 1.91. The first-order valence-electron chi connectivity index (χ1n) is 10.4. The van der Waals surface area contributed by atoms with E-state index < -0.39 is 6.04 Å². The predicted molar refractivity (Wildman–Crippen MR) is 115 cm³/mol. The Morgan fingerprint density at radius 3 is 2.55 bits per heavy atom. The van der Waals surface area contributed by atoms with Crippen LogP contribution in [0.3, 0.4) is 0 Å². The van der Waals surface area contributed by atoms with Crippen LogP contribution in [0.2, 0.25) is 0 Å². The van der Waals surface area contributed by atoms with Gasteiger partial charge in [0, 0.05) is 18.7 Å². The zero-order valence-electron chi connectivity index (χ0n) is 17.2. The van der Waals surface area contributed by atoms with Gasteiger partial charge in [-0.3, -0.25) is 9.59 Å². The van der Waals surface area contributed by atoms with Crippen LogP contribution in [0.25, 0.3) is 5.57 Å². The summed E-state index contributed by atoms with van der Waals surface area (Å²) >= 11 is 0. The minimum atomic E-state index is -0.624. The molecule has 0 saturated carbocycles. The van der Waals surface area contributed by atoms with E-state index in [0.29, 0.717) is 12.1 Å². The summed E-state index contributed by atoms with van der Waals surface area (Å²) in [6.45, 7) is 9.75. The SMILES string of the molecule is C=C1c2ccccc2[C@@H](N(CC(C)C)C(=O)c2ccccc2)C(=O)N2CCC[C@H]12. The monoisotopic (exact) mass is 388 g/mol. The van der Waals surface area contributed by atoms with Gasteiger partial charge in [0.15, 0.2) is 0 Å².